The Labute approximate surface area is 592 Å². The molecule has 28 nitrogen and oxygen atoms in total. The van der Waals surface area contributed by atoms with Crippen molar-refractivity contribution in [3.05, 3.63) is 132 Å². The first kappa shape index (κ1) is 82.2. The predicted octanol–water partition coefficient (Wildman–Crippen LogP) is 7.81. The van der Waals surface area contributed by atoms with Crippen LogP contribution < -0.4 is 29.6 Å². The molecule has 4 atom stereocenters. The number of anilines is 2. The molecular weight excluding hydrogens is 1330 g/mol. The van der Waals surface area contributed by atoms with Crippen LogP contribution in [-0.4, -0.2) is 185 Å². The number of hydrogen-bond acceptors (Lipinski definition) is 23. The molecule has 0 spiro atoms. The monoisotopic (exact) mass is 1420 g/mol. The summed E-state index contributed by atoms with van der Waals surface area (Å²) in [5, 5.41) is 14.4. The third-order valence-corrected chi connectivity index (χ3v) is 15.9. The third-order valence-electron chi connectivity index (χ3n) is 15.9. The molecule has 6 rings (SSSR count). The minimum atomic E-state index is -1.39. The number of carbonyl (C=O) groups is 12. The van der Waals surface area contributed by atoms with E-state index in [4.69, 9.17) is 57.2 Å². The molecule has 552 valence electrons. The lowest BCUT2D eigenvalue weighted by Crippen LogP contribution is -2.57. The van der Waals surface area contributed by atoms with E-state index in [0.717, 1.165) is 33.1 Å². The molecule has 4 aromatic carbocycles. The Bertz CT molecular complexity index is 3690. The quantitative estimate of drug-likeness (QED) is 0.0174. The normalized spacial score (nSPS) is 15.0. The largest absolute Gasteiger partial charge is 0.493 e. The summed E-state index contributed by atoms with van der Waals surface area (Å²) >= 11 is 0. The second-order valence-electron chi connectivity index (χ2n) is 25.9. The topological polar surface area (TPSA) is 357 Å². The molecule has 0 radical (unpaired) electrons. The van der Waals surface area contributed by atoms with Crippen LogP contribution in [-0.2, 0) is 104 Å². The Hall–Kier alpha value is -10.5. The molecule has 2 saturated heterocycles. The van der Waals surface area contributed by atoms with Gasteiger partial charge in [0.1, 0.15) is 31.0 Å². The molecule has 0 saturated carbocycles. The molecule has 2 aliphatic heterocycles. The van der Waals surface area contributed by atoms with Crippen molar-refractivity contribution in [1.29, 1.82) is 0 Å². The highest BCUT2D eigenvalue weighted by Crippen LogP contribution is 2.35. The van der Waals surface area contributed by atoms with Crippen LogP contribution in [0.15, 0.2) is 110 Å². The van der Waals surface area contributed by atoms with E-state index in [1.54, 1.807) is 87.5 Å². The van der Waals surface area contributed by atoms with E-state index in [-0.39, 0.29) is 91.3 Å². The number of aliphatic carboxylic acids is 1. The summed E-state index contributed by atoms with van der Waals surface area (Å²) in [6.07, 6.45) is 0.734. The van der Waals surface area contributed by atoms with Gasteiger partial charge in [-0.05, 0) is 145 Å². The number of carboxylic acids is 1. The van der Waals surface area contributed by atoms with Gasteiger partial charge in [0.05, 0.1) is 78.5 Å². The number of ketones is 2. The summed E-state index contributed by atoms with van der Waals surface area (Å²) in [6.45, 7) is 16.6. The first-order valence-corrected chi connectivity index (χ1v) is 32.8. The zero-order chi connectivity index (χ0) is 75.5. The number of ether oxygens (including phenoxy) is 11. The van der Waals surface area contributed by atoms with Crippen LogP contribution in [0.4, 0.5) is 11.4 Å². The van der Waals surface area contributed by atoms with Crippen LogP contribution in [0.25, 0.3) is 0 Å². The number of benzene rings is 4. The fraction of sp³-hybridized carbons (Fsp3) is 0.459. The van der Waals surface area contributed by atoms with Gasteiger partial charge in [0, 0.05) is 49.5 Å². The Morgan fingerprint density at radius 2 is 0.931 bits per heavy atom. The van der Waals surface area contributed by atoms with E-state index in [2.05, 4.69) is 23.8 Å². The van der Waals surface area contributed by atoms with Gasteiger partial charge in [-0.15, -0.1) is 0 Å². The van der Waals surface area contributed by atoms with E-state index in [0.29, 0.717) is 58.3 Å². The smallest absolute Gasteiger partial charge is 0.331 e. The Balaban J connectivity index is 0.000000368. The zero-order valence-corrected chi connectivity index (χ0v) is 59.5. The lowest BCUT2D eigenvalue weighted by atomic mass is 9.88. The molecule has 2 fully saturated rings. The lowest BCUT2D eigenvalue weighted by Gasteiger charge is -2.36. The van der Waals surface area contributed by atoms with E-state index in [1.165, 1.54) is 56.1 Å². The number of nitrogens with zero attached hydrogens (tertiary/aromatic N) is 2. The fourth-order valence-corrected chi connectivity index (χ4v) is 10.3. The summed E-state index contributed by atoms with van der Waals surface area (Å²) in [7, 11) is 6.10. The van der Waals surface area contributed by atoms with E-state index < -0.39 is 112 Å². The predicted molar refractivity (Wildman–Crippen MR) is 368 cm³/mol. The van der Waals surface area contributed by atoms with E-state index in [9.17, 15) is 57.5 Å². The molecule has 0 unspecified atom stereocenters. The maximum atomic E-state index is 13.9. The van der Waals surface area contributed by atoms with Crippen LogP contribution in [0.5, 0.6) is 23.0 Å². The molecule has 4 amide bonds. The molecule has 3 N–H and O–H groups in total. The first-order chi connectivity index (χ1) is 48.3. The van der Waals surface area contributed by atoms with Crippen molar-refractivity contribution in [2.45, 2.75) is 130 Å². The second-order valence-corrected chi connectivity index (χ2v) is 25.9. The summed E-state index contributed by atoms with van der Waals surface area (Å²) in [6, 6.07) is 21.7. The van der Waals surface area contributed by atoms with Gasteiger partial charge in [-0.3, -0.25) is 38.4 Å². The van der Waals surface area contributed by atoms with Crippen LogP contribution in [0.2, 0.25) is 0 Å². The SMILES string of the molecule is C=CC(=O)OCC(C)(C)C(=O)C(=O)N1CCOC[C@H]1C(=O)O[C@H](CCc1ccc(OC)c(OC)c1)c1cccc(NC(=O)CCC(=O)O)c1.C=CC(=O)OCC(C)(C)C(=O)C(=O)N1CCOC[C@H]1C(=O)O[C@H](CCc1ccc(OC)c(OC)c1)c1cccc(NC(=O)CCC(=O)OC(C)(C)C)c1. The van der Waals surface area contributed by atoms with E-state index >= 15 is 0 Å². The van der Waals surface area contributed by atoms with Crippen LogP contribution in [0.1, 0.15) is 121 Å². The van der Waals surface area contributed by atoms with E-state index in [1.807, 2.05) is 18.2 Å². The number of methoxy groups -OCH3 is 4. The summed E-state index contributed by atoms with van der Waals surface area (Å²) in [4.78, 5) is 155. The van der Waals surface area contributed by atoms with Gasteiger partial charge in [-0.1, -0.05) is 49.6 Å². The van der Waals surface area contributed by atoms with Gasteiger partial charge >= 0.3 is 35.8 Å². The zero-order valence-electron chi connectivity index (χ0n) is 59.5. The average Bonchev–Trinajstić information content (AvgIpc) is 0.810. The van der Waals surface area contributed by atoms with Gasteiger partial charge in [0.25, 0.3) is 11.8 Å². The second kappa shape index (κ2) is 38.9. The molecule has 102 heavy (non-hydrogen) atoms. The minimum absolute atomic E-state index is 0.0476. The number of hydrogen-bond donors (Lipinski definition) is 3. The number of nitrogens with one attached hydrogen (secondary N) is 2. The highest BCUT2D eigenvalue weighted by molar-refractivity contribution is 6.39. The average molecular weight is 1420 g/mol. The Morgan fingerprint density at radius 1 is 0.539 bits per heavy atom. The number of rotatable bonds is 34. The van der Waals surface area contributed by atoms with Crippen molar-refractivity contribution in [2.75, 3.05) is 91.8 Å². The third kappa shape index (κ3) is 25.3. The molecule has 28 heteroatoms. The van der Waals surface area contributed by atoms with Crippen molar-refractivity contribution in [3.63, 3.8) is 0 Å². The van der Waals surface area contributed by atoms with Crippen LogP contribution >= 0.6 is 0 Å². The van der Waals surface area contributed by atoms with Crippen LogP contribution in [0.3, 0.4) is 0 Å². The molecular formula is C74H92N4O24. The van der Waals surface area contributed by atoms with Crippen molar-refractivity contribution >= 4 is 82.4 Å². The summed E-state index contributed by atoms with van der Waals surface area (Å²) in [5.41, 5.74) is 0.0858. The van der Waals surface area contributed by atoms with Gasteiger partial charge in [0.2, 0.25) is 23.4 Å². The number of carboxylic acid groups (broad SMARTS) is 1. The van der Waals surface area contributed by atoms with Crippen LogP contribution in [0, 0.1) is 10.8 Å². The molecule has 4 aromatic rings. The maximum Gasteiger partial charge on any atom is 0.331 e. The van der Waals surface area contributed by atoms with Crippen molar-refractivity contribution in [3.8, 4) is 23.0 Å². The van der Waals surface area contributed by atoms with Crippen molar-refractivity contribution in [2.24, 2.45) is 10.8 Å². The highest BCUT2D eigenvalue weighted by Gasteiger charge is 2.45. The lowest BCUT2D eigenvalue weighted by molar-refractivity contribution is -0.171. The summed E-state index contributed by atoms with van der Waals surface area (Å²) in [5.74, 6) is -7.08. The van der Waals surface area contributed by atoms with Gasteiger partial charge < -0.3 is 77.6 Å². The van der Waals surface area contributed by atoms with Crippen molar-refractivity contribution in [1.82, 2.24) is 9.80 Å². The highest BCUT2D eigenvalue weighted by atomic mass is 16.6. The molecule has 0 aromatic heterocycles. The fourth-order valence-electron chi connectivity index (χ4n) is 10.3. The Kier molecular flexibility index (Phi) is 31.4. The molecule has 2 heterocycles. The standard InChI is InChI=1S/C39H50N2O12.C35H42N2O12/c1-9-33(43)51-24-39(5,6)35(45)36(46)41-19-20-50-23-28(41)37(47)52-29(15-13-25-14-16-30(48-7)31(21-25)49-8)26-11-10-12-27(22-26)40-32(42)17-18-34(44)53-38(2,3)4;1-6-31(41)48-21-35(2,3)32(42)33(43)37-16-17-47-20-25(37)34(44)49-26(12-10-22-11-13-27(45-4)28(18-22)46-5)23-8-7-9-24(19-23)36-29(38)14-15-30(39)40/h9-12,14,16,21-22,28-29H,1,13,15,17-20,23-24H2,2-8H3,(H,40,42);6-9,11,13,18-19,25-26H,1,10,12,14-17,20-21H2,2-5H3,(H,36,38)(H,39,40)/t28-,29+;25-,26+/m00/s1. The molecule has 0 bridgehead atoms. The summed E-state index contributed by atoms with van der Waals surface area (Å²) < 4.78 is 60.0. The number of morpholine rings is 2. The van der Waals surface area contributed by atoms with Gasteiger partial charge in [-0.2, -0.15) is 0 Å². The number of carbonyl (C=O) groups excluding carboxylic acids is 11. The van der Waals surface area contributed by atoms with Gasteiger partial charge in [-0.25, -0.2) is 19.2 Å². The van der Waals surface area contributed by atoms with Gasteiger partial charge in [0.15, 0.2) is 35.1 Å². The number of amides is 4. The van der Waals surface area contributed by atoms with Crippen molar-refractivity contribution < 1.29 is 115 Å². The Morgan fingerprint density at radius 3 is 1.29 bits per heavy atom. The first-order valence-electron chi connectivity index (χ1n) is 32.8. The molecule has 2 aliphatic rings. The number of esters is 5. The minimum Gasteiger partial charge on any atom is -0.493 e. The number of Topliss-reactive ketones (excluding diaryl/α,β-unsaturated/α-hetero) is 2. The molecule has 0 aliphatic carbocycles. The number of aryl methyl sites for hydroxylation is 2. The maximum absolute atomic E-state index is 13.9.